The van der Waals surface area contributed by atoms with Gasteiger partial charge in [-0.05, 0) is 69.8 Å². The zero-order chi connectivity index (χ0) is 31.5. The molecule has 4 unspecified atom stereocenters. The monoisotopic (exact) mass is 632 g/mol. The second-order valence-electron chi connectivity index (χ2n) is 10.4. The molecule has 2 aliphatic carbocycles. The lowest BCUT2D eigenvalue weighted by molar-refractivity contribution is -0.150. The highest BCUT2D eigenvalue weighted by Gasteiger charge is 2.61. The minimum Gasteiger partial charge on any atom is -0.466 e. The molecule has 0 aliphatic heterocycles. The van der Waals surface area contributed by atoms with E-state index in [1.807, 2.05) is 20.8 Å². The van der Waals surface area contributed by atoms with Crippen LogP contribution in [0.15, 0.2) is 35.5 Å². The number of Topliss-reactive ketones (excluding diaryl/α,β-unsaturated/α-hetero) is 1. The van der Waals surface area contributed by atoms with Crippen molar-refractivity contribution in [3.8, 4) is 0 Å². The van der Waals surface area contributed by atoms with Gasteiger partial charge in [-0.2, -0.15) is 0 Å². The maximum absolute atomic E-state index is 12.5. The van der Waals surface area contributed by atoms with Crippen molar-refractivity contribution >= 4 is 52.6 Å². The van der Waals surface area contributed by atoms with Crippen LogP contribution in [0.4, 0.5) is 0 Å². The van der Waals surface area contributed by atoms with Gasteiger partial charge in [0.2, 0.25) is 5.69 Å². The van der Waals surface area contributed by atoms with Crippen molar-refractivity contribution in [1.82, 2.24) is 0 Å². The molecule has 1 fully saturated rings. The topological polar surface area (TPSA) is 114 Å². The van der Waals surface area contributed by atoms with E-state index in [9.17, 15) is 19.2 Å². The molecule has 0 amide bonds. The van der Waals surface area contributed by atoms with E-state index in [0.29, 0.717) is 6.42 Å². The number of esters is 3. The molecule has 0 spiro atoms. The largest absolute Gasteiger partial charge is 0.466 e. The molecule has 232 valence electrons. The molecule has 2 rings (SSSR count). The predicted molar refractivity (Wildman–Crippen MR) is 165 cm³/mol. The molecule has 0 aromatic heterocycles. The van der Waals surface area contributed by atoms with Crippen molar-refractivity contribution < 1.29 is 42.4 Å². The standard InChI is InChI=1S/C19H26O3.C10H19O6PS2/c1-7-8-13-12(4)16(10-15(13)20)22-18(21)17-14(9-11(2)3)19(17,5)6;1-5-15-9(11)7-8(10(12)16-6-2)19-17(18,13-3)14-4/h7,9,14,16-17H,1,8,10H2,2-6H3;8H,5-7H2,1-4H3. The van der Waals surface area contributed by atoms with Gasteiger partial charge in [0, 0.05) is 19.8 Å². The highest BCUT2D eigenvalue weighted by atomic mass is 32.9. The summed E-state index contributed by atoms with van der Waals surface area (Å²) >= 11 is 6.17. The number of carbonyl (C=O) groups is 4. The number of ketones is 1. The van der Waals surface area contributed by atoms with Crippen LogP contribution in [0.5, 0.6) is 0 Å². The first-order chi connectivity index (χ1) is 19.1. The quantitative estimate of drug-likeness (QED) is 0.0954. The minimum atomic E-state index is -2.65. The van der Waals surface area contributed by atoms with Crippen molar-refractivity contribution in [2.24, 2.45) is 17.3 Å². The molecule has 2 aliphatic rings. The van der Waals surface area contributed by atoms with Crippen molar-refractivity contribution in [2.75, 3.05) is 27.4 Å². The Hall–Kier alpha value is -1.78. The van der Waals surface area contributed by atoms with E-state index in [2.05, 4.69) is 26.5 Å². The molecular formula is C29H45O9PS2. The van der Waals surface area contributed by atoms with Gasteiger partial charge in [-0.15, -0.1) is 6.58 Å². The summed E-state index contributed by atoms with van der Waals surface area (Å²) < 4.78 is 25.6. The minimum absolute atomic E-state index is 0.0570. The molecule has 0 radical (unpaired) electrons. The maximum atomic E-state index is 12.5. The van der Waals surface area contributed by atoms with E-state index in [1.165, 1.54) is 19.8 Å². The first-order valence-corrected chi connectivity index (χ1v) is 17.7. The Balaban J connectivity index is 0.000000416. The predicted octanol–water partition coefficient (Wildman–Crippen LogP) is 6.12. The fourth-order valence-corrected chi connectivity index (χ4v) is 8.37. The number of rotatable bonds is 14. The van der Waals surface area contributed by atoms with Crippen LogP contribution in [-0.2, 0) is 54.2 Å². The van der Waals surface area contributed by atoms with Crippen molar-refractivity contribution in [2.45, 2.75) is 79.1 Å². The summed E-state index contributed by atoms with van der Waals surface area (Å²) in [6.07, 6.45) is 4.18. The van der Waals surface area contributed by atoms with Gasteiger partial charge in [-0.1, -0.05) is 43.0 Å². The summed E-state index contributed by atoms with van der Waals surface area (Å²) in [6.45, 7) is 17.7. The van der Waals surface area contributed by atoms with Gasteiger partial charge in [0.1, 0.15) is 11.4 Å². The molecule has 0 bridgehead atoms. The van der Waals surface area contributed by atoms with E-state index in [4.69, 9.17) is 35.1 Å². The van der Waals surface area contributed by atoms with Gasteiger partial charge < -0.3 is 23.3 Å². The summed E-state index contributed by atoms with van der Waals surface area (Å²) in [7, 11) is 2.81. The number of ether oxygens (including phenoxy) is 3. The Morgan fingerprint density at radius 1 is 1.15 bits per heavy atom. The van der Waals surface area contributed by atoms with Crippen LogP contribution in [0.3, 0.4) is 0 Å². The molecule has 0 heterocycles. The van der Waals surface area contributed by atoms with E-state index in [-0.39, 0.29) is 55.1 Å². The highest BCUT2D eigenvalue weighted by Crippen LogP contribution is 2.62. The average molecular weight is 633 g/mol. The molecule has 9 nitrogen and oxygen atoms in total. The van der Waals surface area contributed by atoms with Gasteiger partial charge in [0.05, 0.1) is 32.0 Å². The number of allylic oxidation sites excluding steroid dienone is 4. The number of carbonyl (C=O) groups excluding carboxylic acids is 4. The molecule has 12 heteroatoms. The van der Waals surface area contributed by atoms with Crippen LogP contribution < -0.4 is 0 Å². The number of hydrogen-bond acceptors (Lipinski definition) is 11. The lowest BCUT2D eigenvalue weighted by Crippen LogP contribution is -2.24. The molecule has 1 saturated carbocycles. The Morgan fingerprint density at radius 2 is 1.73 bits per heavy atom. The summed E-state index contributed by atoms with van der Waals surface area (Å²) in [6, 6.07) is 0. The van der Waals surface area contributed by atoms with Crippen molar-refractivity contribution in [1.29, 1.82) is 0 Å². The Labute approximate surface area is 253 Å². The zero-order valence-corrected chi connectivity index (χ0v) is 28.2. The zero-order valence-electron chi connectivity index (χ0n) is 25.6. The van der Waals surface area contributed by atoms with Crippen LogP contribution in [-0.4, -0.2) is 62.5 Å². The van der Waals surface area contributed by atoms with Crippen LogP contribution >= 0.6 is 17.1 Å². The lowest BCUT2D eigenvalue weighted by Gasteiger charge is -2.21. The Kier molecular flexibility index (Phi) is 15.2. The van der Waals surface area contributed by atoms with Gasteiger partial charge >= 0.3 is 17.9 Å². The van der Waals surface area contributed by atoms with E-state index < -0.39 is 29.0 Å². The summed E-state index contributed by atoms with van der Waals surface area (Å²) in [5, 5.41) is -0.787. The molecule has 41 heavy (non-hydrogen) atoms. The summed E-state index contributed by atoms with van der Waals surface area (Å²) in [5.41, 5.74) is 0.149. The van der Waals surface area contributed by atoms with Crippen LogP contribution in [0.1, 0.15) is 67.7 Å². The molecule has 0 N–H and O–H groups in total. The van der Waals surface area contributed by atoms with Gasteiger partial charge in [0.15, 0.2) is 5.78 Å². The van der Waals surface area contributed by atoms with Crippen LogP contribution in [0.25, 0.3) is 0 Å². The third kappa shape index (κ3) is 10.8. The lowest BCUT2D eigenvalue weighted by atomic mass is 10.1. The van der Waals surface area contributed by atoms with Gasteiger partial charge in [-0.25, -0.2) is 0 Å². The fourth-order valence-electron chi connectivity index (χ4n) is 4.51. The number of hydrogen-bond donors (Lipinski definition) is 0. The van der Waals surface area contributed by atoms with Crippen LogP contribution in [0, 0.1) is 17.3 Å². The van der Waals surface area contributed by atoms with E-state index in [1.54, 1.807) is 19.9 Å². The highest BCUT2D eigenvalue weighted by molar-refractivity contribution is 8.68. The fraction of sp³-hybridized carbons (Fsp3) is 0.655. The molecule has 0 saturated heterocycles. The Morgan fingerprint density at radius 3 is 2.22 bits per heavy atom. The second-order valence-corrected chi connectivity index (χ2v) is 17.1. The normalized spacial score (nSPS) is 21.7. The van der Waals surface area contributed by atoms with Crippen molar-refractivity contribution in [3.63, 3.8) is 0 Å². The van der Waals surface area contributed by atoms with Crippen LogP contribution in [0.2, 0.25) is 0 Å². The van der Waals surface area contributed by atoms with E-state index in [0.717, 1.165) is 22.5 Å². The van der Waals surface area contributed by atoms with E-state index >= 15 is 0 Å². The molecule has 0 aromatic rings. The third-order valence-corrected chi connectivity index (χ3v) is 12.7. The molecular weight excluding hydrogens is 587 g/mol. The average Bonchev–Trinajstić information content (AvgIpc) is 3.33. The smallest absolute Gasteiger partial charge is 0.320 e. The summed E-state index contributed by atoms with van der Waals surface area (Å²) in [5.74, 6) is -0.978. The van der Waals surface area contributed by atoms with Crippen molar-refractivity contribution in [3.05, 3.63) is 35.5 Å². The molecule has 0 aromatic carbocycles. The second kappa shape index (κ2) is 16.8. The molecule has 4 atom stereocenters. The third-order valence-electron chi connectivity index (χ3n) is 6.86. The first kappa shape index (κ1) is 37.2. The SMILES string of the molecule is C=CCC1=C(C)C(OC(=O)C2C(C=C(C)C)C2(C)C)CC1=O.CCOC(=O)CC(SP(=S)(OC)OC)C(=O)OCC. The van der Waals surface area contributed by atoms with Gasteiger partial charge in [0.25, 0.3) is 0 Å². The maximum Gasteiger partial charge on any atom is 0.320 e. The Bertz CT molecular complexity index is 1080. The summed E-state index contributed by atoms with van der Waals surface area (Å²) in [4.78, 5) is 47.7. The van der Waals surface area contributed by atoms with Gasteiger partial charge in [-0.3, -0.25) is 19.2 Å². The first-order valence-electron chi connectivity index (χ1n) is 13.5.